The van der Waals surface area contributed by atoms with Gasteiger partial charge in [-0.2, -0.15) is 0 Å². The van der Waals surface area contributed by atoms with Crippen molar-refractivity contribution in [2.75, 3.05) is 5.32 Å². The number of guanidine groups is 1. The van der Waals surface area contributed by atoms with Crippen LogP contribution in [0.25, 0.3) is 0 Å². The lowest BCUT2D eigenvalue weighted by Crippen LogP contribution is -2.37. The molecule has 98 valence electrons. The summed E-state index contributed by atoms with van der Waals surface area (Å²) >= 11 is 0. The summed E-state index contributed by atoms with van der Waals surface area (Å²) in [6.07, 6.45) is 4.88. The first kappa shape index (κ1) is 12.9. The molecule has 0 heterocycles. The number of nitrogens with two attached hydrogens (primary N) is 1. The normalized spacial score (nSPS) is 16.9. The second-order valence-corrected chi connectivity index (χ2v) is 5.00. The molecule has 1 aromatic rings. The lowest BCUT2D eigenvalue weighted by molar-refractivity contribution is 0.700. The van der Waals surface area contributed by atoms with Crippen LogP contribution < -0.4 is 16.6 Å². The summed E-state index contributed by atoms with van der Waals surface area (Å²) in [5.41, 5.74) is 6.17. The fourth-order valence-corrected chi connectivity index (χ4v) is 2.40. The average molecular weight is 246 g/mol. The van der Waals surface area contributed by atoms with Gasteiger partial charge in [0.05, 0.1) is 6.04 Å². The van der Waals surface area contributed by atoms with Gasteiger partial charge in [-0.3, -0.25) is 5.43 Å². The van der Waals surface area contributed by atoms with Gasteiger partial charge >= 0.3 is 0 Å². The zero-order valence-electron chi connectivity index (χ0n) is 11.2. The molecule has 2 rings (SSSR count). The monoisotopic (exact) mass is 246 g/mol. The highest BCUT2D eigenvalue weighted by molar-refractivity contribution is 5.94. The minimum atomic E-state index is 0.411. The molecule has 4 nitrogen and oxygen atoms in total. The number of hydrazine groups is 1. The number of nitrogens with zero attached hydrogens (tertiary/aromatic N) is 1. The maximum Gasteiger partial charge on any atom is 0.210 e. The van der Waals surface area contributed by atoms with Crippen LogP contribution in [0.1, 0.15) is 36.8 Å². The van der Waals surface area contributed by atoms with Crippen LogP contribution in [0.4, 0.5) is 5.69 Å². The van der Waals surface area contributed by atoms with Gasteiger partial charge in [-0.1, -0.05) is 30.5 Å². The van der Waals surface area contributed by atoms with E-state index in [0.717, 1.165) is 5.69 Å². The first-order valence-corrected chi connectivity index (χ1v) is 6.58. The van der Waals surface area contributed by atoms with E-state index in [-0.39, 0.29) is 0 Å². The molecule has 1 saturated carbocycles. The van der Waals surface area contributed by atoms with E-state index in [1.807, 2.05) is 0 Å². The van der Waals surface area contributed by atoms with Crippen LogP contribution in [0, 0.1) is 13.8 Å². The zero-order valence-corrected chi connectivity index (χ0v) is 11.2. The summed E-state index contributed by atoms with van der Waals surface area (Å²) in [5.74, 6) is 6.20. The molecule has 0 atom stereocenters. The zero-order chi connectivity index (χ0) is 13.0. The van der Waals surface area contributed by atoms with Gasteiger partial charge in [0.25, 0.3) is 0 Å². The molecule has 0 aromatic heterocycles. The molecule has 1 aromatic carbocycles. The van der Waals surface area contributed by atoms with E-state index >= 15 is 0 Å². The maximum atomic E-state index is 5.54. The third-order valence-corrected chi connectivity index (χ3v) is 3.41. The first-order valence-electron chi connectivity index (χ1n) is 6.58. The fourth-order valence-electron chi connectivity index (χ4n) is 2.40. The van der Waals surface area contributed by atoms with Gasteiger partial charge in [-0.05, 0) is 38.3 Å². The highest BCUT2D eigenvalue weighted by Crippen LogP contribution is 2.21. The Morgan fingerprint density at radius 1 is 1.28 bits per heavy atom. The molecule has 0 unspecified atom stereocenters. The van der Waals surface area contributed by atoms with Crippen molar-refractivity contribution in [3.63, 3.8) is 0 Å². The van der Waals surface area contributed by atoms with Crippen LogP contribution >= 0.6 is 0 Å². The van der Waals surface area contributed by atoms with Crippen LogP contribution in [0.2, 0.25) is 0 Å². The van der Waals surface area contributed by atoms with Crippen molar-refractivity contribution in [3.8, 4) is 0 Å². The molecule has 4 N–H and O–H groups in total. The van der Waals surface area contributed by atoms with E-state index in [4.69, 9.17) is 5.84 Å². The summed E-state index contributed by atoms with van der Waals surface area (Å²) in [5, 5.41) is 3.26. The lowest BCUT2D eigenvalue weighted by Gasteiger charge is -2.14. The average Bonchev–Trinajstić information content (AvgIpc) is 2.84. The Kier molecular flexibility index (Phi) is 4.20. The van der Waals surface area contributed by atoms with Gasteiger partial charge in [0.15, 0.2) is 0 Å². The van der Waals surface area contributed by atoms with Crippen molar-refractivity contribution in [2.24, 2.45) is 10.8 Å². The number of benzene rings is 1. The number of aryl methyl sites for hydroxylation is 2. The van der Waals surface area contributed by atoms with Crippen LogP contribution in [-0.2, 0) is 0 Å². The van der Waals surface area contributed by atoms with E-state index in [0.29, 0.717) is 12.0 Å². The highest BCUT2D eigenvalue weighted by atomic mass is 15.3. The minimum Gasteiger partial charge on any atom is -0.325 e. The van der Waals surface area contributed by atoms with Crippen molar-refractivity contribution in [2.45, 2.75) is 45.6 Å². The topological polar surface area (TPSA) is 62.4 Å². The molecule has 0 spiro atoms. The summed E-state index contributed by atoms with van der Waals surface area (Å²) in [6.45, 7) is 4.17. The molecule has 18 heavy (non-hydrogen) atoms. The van der Waals surface area contributed by atoms with Crippen molar-refractivity contribution in [3.05, 3.63) is 29.3 Å². The van der Waals surface area contributed by atoms with Crippen molar-refractivity contribution >= 4 is 11.6 Å². The molecular formula is C14H22N4. The smallest absolute Gasteiger partial charge is 0.210 e. The van der Waals surface area contributed by atoms with Gasteiger partial charge in [-0.15, -0.1) is 0 Å². The Bertz CT molecular complexity index is 433. The Labute approximate surface area is 109 Å². The van der Waals surface area contributed by atoms with E-state index in [9.17, 15) is 0 Å². The molecule has 4 heteroatoms. The third-order valence-electron chi connectivity index (χ3n) is 3.41. The second-order valence-electron chi connectivity index (χ2n) is 5.00. The molecule has 1 aliphatic carbocycles. The van der Waals surface area contributed by atoms with Gasteiger partial charge in [0.1, 0.15) is 0 Å². The molecule has 0 amide bonds. The quantitative estimate of drug-likeness (QED) is 0.325. The fraction of sp³-hybridized carbons (Fsp3) is 0.500. The Morgan fingerprint density at radius 3 is 2.61 bits per heavy atom. The number of nitrogens with one attached hydrogen (secondary N) is 2. The number of aliphatic imine (C=N–C) groups is 1. The predicted molar refractivity (Wildman–Crippen MR) is 76.6 cm³/mol. The second kappa shape index (κ2) is 5.87. The molecule has 0 saturated heterocycles. The predicted octanol–water partition coefficient (Wildman–Crippen LogP) is 2.48. The van der Waals surface area contributed by atoms with Crippen LogP contribution in [0.5, 0.6) is 0 Å². The lowest BCUT2D eigenvalue weighted by atomic mass is 10.1. The molecular weight excluding hydrogens is 224 g/mol. The Hall–Kier alpha value is -1.55. The number of rotatable bonds is 2. The Balaban J connectivity index is 2.09. The van der Waals surface area contributed by atoms with Gasteiger partial charge in [-0.25, -0.2) is 10.8 Å². The van der Waals surface area contributed by atoms with E-state index in [1.54, 1.807) is 0 Å². The minimum absolute atomic E-state index is 0.411. The highest BCUT2D eigenvalue weighted by Gasteiger charge is 2.14. The SMILES string of the molecule is Cc1ccc(NC(=NC2CCCC2)NN)c(C)c1. The Morgan fingerprint density at radius 2 is 2.00 bits per heavy atom. The molecule has 1 fully saturated rings. The summed E-state index contributed by atoms with van der Waals surface area (Å²) in [6, 6.07) is 6.70. The third kappa shape index (κ3) is 3.23. The maximum absolute atomic E-state index is 5.54. The summed E-state index contributed by atoms with van der Waals surface area (Å²) in [7, 11) is 0. The van der Waals surface area contributed by atoms with Crippen molar-refractivity contribution < 1.29 is 0 Å². The molecule has 0 radical (unpaired) electrons. The van der Waals surface area contributed by atoms with E-state index < -0.39 is 0 Å². The van der Waals surface area contributed by atoms with Gasteiger partial charge in [0.2, 0.25) is 5.96 Å². The first-order chi connectivity index (χ1) is 8.69. The van der Waals surface area contributed by atoms with Gasteiger partial charge < -0.3 is 5.32 Å². The van der Waals surface area contributed by atoms with E-state index in [2.05, 4.69) is 47.8 Å². The largest absolute Gasteiger partial charge is 0.325 e. The number of hydrogen-bond donors (Lipinski definition) is 3. The van der Waals surface area contributed by atoms with Crippen molar-refractivity contribution in [1.29, 1.82) is 0 Å². The summed E-state index contributed by atoms with van der Waals surface area (Å²) < 4.78 is 0. The van der Waals surface area contributed by atoms with E-state index in [1.165, 1.54) is 36.8 Å². The number of anilines is 1. The summed E-state index contributed by atoms with van der Waals surface area (Å²) in [4.78, 5) is 4.62. The van der Waals surface area contributed by atoms with Crippen LogP contribution in [0.3, 0.4) is 0 Å². The molecule has 1 aliphatic rings. The van der Waals surface area contributed by atoms with Gasteiger partial charge in [0, 0.05) is 5.69 Å². The molecule has 0 aliphatic heterocycles. The standard InChI is InChI=1S/C14H22N4/c1-10-7-8-13(11(2)9-10)17-14(18-15)16-12-5-3-4-6-12/h7-9,12H,3-6,15H2,1-2H3,(H2,16,17,18). The molecule has 0 bridgehead atoms. The van der Waals surface area contributed by atoms with Crippen LogP contribution in [-0.4, -0.2) is 12.0 Å². The number of hydrogen-bond acceptors (Lipinski definition) is 2. The van der Waals surface area contributed by atoms with Crippen LogP contribution in [0.15, 0.2) is 23.2 Å². The van der Waals surface area contributed by atoms with Crippen molar-refractivity contribution in [1.82, 2.24) is 5.43 Å².